The van der Waals surface area contributed by atoms with Crippen molar-refractivity contribution in [2.75, 3.05) is 5.32 Å². The highest BCUT2D eigenvalue weighted by molar-refractivity contribution is 7.17. The fourth-order valence-corrected chi connectivity index (χ4v) is 4.54. The summed E-state index contributed by atoms with van der Waals surface area (Å²) in [6.45, 7) is 0. The normalized spacial score (nSPS) is 13.5. The van der Waals surface area contributed by atoms with Gasteiger partial charge in [0, 0.05) is 9.90 Å². The molecule has 4 nitrogen and oxygen atoms in total. The van der Waals surface area contributed by atoms with Crippen molar-refractivity contribution in [3.05, 3.63) is 49.8 Å². The van der Waals surface area contributed by atoms with Crippen LogP contribution in [0.4, 0.5) is 5.00 Å². The number of hydrogen-bond acceptors (Lipinski definition) is 3. The Kier molecular flexibility index (Phi) is 4.62. The zero-order valence-electron chi connectivity index (χ0n) is 12.1. The van der Waals surface area contributed by atoms with Crippen LogP contribution < -0.4 is 11.1 Å². The third kappa shape index (κ3) is 3.22. The molecule has 23 heavy (non-hydrogen) atoms. The summed E-state index contributed by atoms with van der Waals surface area (Å²) in [7, 11) is 0. The highest BCUT2D eigenvalue weighted by Gasteiger charge is 2.25. The van der Waals surface area contributed by atoms with Crippen LogP contribution in [0.15, 0.2) is 18.2 Å². The average Bonchev–Trinajstić information content (AvgIpc) is 2.84. The van der Waals surface area contributed by atoms with Crippen molar-refractivity contribution in [2.24, 2.45) is 5.73 Å². The van der Waals surface area contributed by atoms with Crippen LogP contribution >= 0.6 is 34.5 Å². The van der Waals surface area contributed by atoms with Gasteiger partial charge in [0.05, 0.1) is 16.1 Å². The number of primary amides is 1. The zero-order chi connectivity index (χ0) is 16.6. The van der Waals surface area contributed by atoms with E-state index in [2.05, 4.69) is 5.32 Å². The van der Waals surface area contributed by atoms with Gasteiger partial charge in [-0.15, -0.1) is 11.3 Å². The number of anilines is 1. The number of fused-ring (bicyclic) bond motifs is 1. The number of aryl methyl sites for hydroxylation is 1. The van der Waals surface area contributed by atoms with E-state index in [4.69, 9.17) is 28.9 Å². The summed E-state index contributed by atoms with van der Waals surface area (Å²) < 4.78 is 0. The smallest absolute Gasteiger partial charge is 0.257 e. The summed E-state index contributed by atoms with van der Waals surface area (Å²) >= 11 is 13.3. The Balaban J connectivity index is 1.95. The van der Waals surface area contributed by atoms with E-state index in [9.17, 15) is 9.59 Å². The topological polar surface area (TPSA) is 72.2 Å². The molecule has 0 saturated heterocycles. The molecular formula is C16H14Cl2N2O2S. The maximum Gasteiger partial charge on any atom is 0.257 e. The van der Waals surface area contributed by atoms with Crippen molar-refractivity contribution < 1.29 is 9.59 Å². The highest BCUT2D eigenvalue weighted by atomic mass is 35.5. The lowest BCUT2D eigenvalue weighted by atomic mass is 9.95. The lowest BCUT2D eigenvalue weighted by molar-refractivity contribution is 0.100. The molecule has 1 aromatic heterocycles. The first-order valence-corrected chi connectivity index (χ1v) is 8.75. The van der Waals surface area contributed by atoms with Crippen LogP contribution in [0, 0.1) is 0 Å². The Labute approximate surface area is 147 Å². The number of halogens is 2. The summed E-state index contributed by atoms with van der Waals surface area (Å²) in [4.78, 5) is 25.4. The number of amides is 2. The summed E-state index contributed by atoms with van der Waals surface area (Å²) in [6, 6.07) is 4.65. The predicted octanol–water partition coefficient (Wildman–Crippen LogP) is 4.28. The lowest BCUT2D eigenvalue weighted by Gasteiger charge is -2.11. The van der Waals surface area contributed by atoms with Crippen LogP contribution in [0.5, 0.6) is 0 Å². The van der Waals surface area contributed by atoms with Gasteiger partial charge in [0.2, 0.25) is 0 Å². The van der Waals surface area contributed by atoms with Crippen molar-refractivity contribution in [2.45, 2.75) is 25.7 Å². The summed E-state index contributed by atoms with van der Waals surface area (Å²) in [5, 5.41) is 3.99. The van der Waals surface area contributed by atoms with E-state index in [0.717, 1.165) is 36.1 Å². The lowest BCUT2D eigenvalue weighted by Crippen LogP contribution is -2.18. The Bertz CT molecular complexity index is 802. The molecule has 1 aliphatic rings. The molecule has 0 unspecified atom stereocenters. The maximum absolute atomic E-state index is 12.4. The molecule has 0 spiro atoms. The van der Waals surface area contributed by atoms with Crippen LogP contribution in [-0.2, 0) is 12.8 Å². The van der Waals surface area contributed by atoms with Gasteiger partial charge in [-0.25, -0.2) is 0 Å². The second-order valence-electron chi connectivity index (χ2n) is 5.36. The average molecular weight is 369 g/mol. The van der Waals surface area contributed by atoms with Gasteiger partial charge in [0.1, 0.15) is 5.00 Å². The molecule has 1 heterocycles. The van der Waals surface area contributed by atoms with Crippen molar-refractivity contribution in [3.63, 3.8) is 0 Å². The Morgan fingerprint density at radius 3 is 2.61 bits per heavy atom. The number of rotatable bonds is 3. The van der Waals surface area contributed by atoms with E-state index in [1.807, 2.05) is 0 Å². The van der Waals surface area contributed by atoms with Crippen molar-refractivity contribution in [1.82, 2.24) is 0 Å². The van der Waals surface area contributed by atoms with Crippen LogP contribution in [0.2, 0.25) is 10.0 Å². The molecule has 120 valence electrons. The van der Waals surface area contributed by atoms with Crippen LogP contribution in [0.1, 0.15) is 44.0 Å². The van der Waals surface area contributed by atoms with E-state index >= 15 is 0 Å². The van der Waals surface area contributed by atoms with Gasteiger partial charge >= 0.3 is 0 Å². The van der Waals surface area contributed by atoms with Crippen molar-refractivity contribution in [1.29, 1.82) is 0 Å². The van der Waals surface area contributed by atoms with Gasteiger partial charge in [-0.2, -0.15) is 0 Å². The molecule has 2 amide bonds. The minimum atomic E-state index is -0.512. The third-order valence-electron chi connectivity index (χ3n) is 3.82. The molecule has 0 aliphatic heterocycles. The number of nitrogens with one attached hydrogen (secondary N) is 1. The quantitative estimate of drug-likeness (QED) is 0.847. The Morgan fingerprint density at radius 1 is 1.17 bits per heavy atom. The molecule has 1 aromatic carbocycles. The fraction of sp³-hybridized carbons (Fsp3) is 0.250. The molecule has 7 heteroatoms. The first-order chi connectivity index (χ1) is 11.0. The molecular weight excluding hydrogens is 355 g/mol. The Hall–Kier alpha value is -1.56. The van der Waals surface area contributed by atoms with Crippen LogP contribution in [0.3, 0.4) is 0 Å². The van der Waals surface area contributed by atoms with Gasteiger partial charge in [0.15, 0.2) is 0 Å². The molecule has 1 aliphatic carbocycles. The first kappa shape index (κ1) is 16.3. The monoisotopic (exact) mass is 368 g/mol. The number of benzene rings is 1. The number of thiophene rings is 1. The summed E-state index contributed by atoms with van der Waals surface area (Å²) in [5.74, 6) is -0.894. The van der Waals surface area contributed by atoms with Crippen molar-refractivity contribution >= 4 is 51.4 Å². The molecule has 3 rings (SSSR count). The fourth-order valence-electron chi connectivity index (χ4n) is 2.76. The van der Waals surface area contributed by atoms with E-state index < -0.39 is 5.91 Å². The van der Waals surface area contributed by atoms with E-state index in [0.29, 0.717) is 21.2 Å². The summed E-state index contributed by atoms with van der Waals surface area (Å²) in [6.07, 6.45) is 3.85. The molecule has 3 N–H and O–H groups in total. The second-order valence-corrected chi connectivity index (χ2v) is 7.31. The number of carbonyl (C=O) groups excluding carboxylic acids is 2. The summed E-state index contributed by atoms with van der Waals surface area (Å²) in [5.41, 5.74) is 7.24. The van der Waals surface area contributed by atoms with Gasteiger partial charge in [-0.3, -0.25) is 9.59 Å². The van der Waals surface area contributed by atoms with Crippen LogP contribution in [-0.4, -0.2) is 11.8 Å². The van der Waals surface area contributed by atoms with Gasteiger partial charge in [-0.05, 0) is 49.4 Å². The minimum Gasteiger partial charge on any atom is -0.365 e. The molecule has 0 atom stereocenters. The predicted molar refractivity (Wildman–Crippen MR) is 93.9 cm³/mol. The second kappa shape index (κ2) is 6.51. The minimum absolute atomic E-state index is 0.261. The SMILES string of the molecule is NC(=O)c1c(NC(=O)c2ccc(Cl)cc2Cl)sc2c1CCCC2. The van der Waals surface area contributed by atoms with Crippen LogP contribution in [0.25, 0.3) is 0 Å². The molecule has 2 aromatic rings. The first-order valence-electron chi connectivity index (χ1n) is 7.18. The van der Waals surface area contributed by atoms with E-state index in [-0.39, 0.29) is 10.9 Å². The Morgan fingerprint density at radius 2 is 1.91 bits per heavy atom. The van der Waals surface area contributed by atoms with Crippen molar-refractivity contribution in [3.8, 4) is 0 Å². The third-order valence-corrected chi connectivity index (χ3v) is 5.58. The zero-order valence-corrected chi connectivity index (χ0v) is 14.4. The maximum atomic E-state index is 12.4. The van der Waals surface area contributed by atoms with E-state index in [1.54, 1.807) is 12.1 Å². The van der Waals surface area contributed by atoms with Gasteiger partial charge in [-0.1, -0.05) is 23.2 Å². The molecule has 0 saturated carbocycles. The standard InChI is InChI=1S/C16H14Cl2N2O2S/c17-8-5-6-9(11(18)7-8)15(22)20-16-13(14(19)21)10-3-1-2-4-12(10)23-16/h5-7H,1-4H2,(H2,19,21)(H,20,22). The van der Waals surface area contributed by atoms with Gasteiger partial charge in [0.25, 0.3) is 11.8 Å². The van der Waals surface area contributed by atoms with Gasteiger partial charge < -0.3 is 11.1 Å². The number of carbonyl (C=O) groups is 2. The number of hydrogen-bond donors (Lipinski definition) is 2. The van der Waals surface area contributed by atoms with E-state index in [1.165, 1.54) is 17.4 Å². The number of nitrogens with two attached hydrogens (primary N) is 1. The largest absolute Gasteiger partial charge is 0.365 e. The highest BCUT2D eigenvalue weighted by Crippen LogP contribution is 2.38. The molecule has 0 bridgehead atoms. The molecule has 0 radical (unpaired) electrons. The molecule has 0 fully saturated rings.